The fraction of sp³-hybridized carbons (Fsp3) is 0.364. The molecule has 2 unspecified atom stereocenters. The zero-order valence-electron chi connectivity index (χ0n) is 16.4. The number of rotatable bonds is 4. The van der Waals surface area contributed by atoms with Gasteiger partial charge in [-0.15, -0.1) is 11.6 Å². The summed E-state index contributed by atoms with van der Waals surface area (Å²) in [7, 11) is 0. The Bertz CT molecular complexity index is 882. The molecule has 1 aliphatic heterocycles. The van der Waals surface area contributed by atoms with Gasteiger partial charge in [0.05, 0.1) is 6.04 Å². The lowest BCUT2D eigenvalue weighted by Crippen LogP contribution is -2.46. The van der Waals surface area contributed by atoms with E-state index in [0.717, 1.165) is 27.9 Å². The van der Waals surface area contributed by atoms with Crippen LogP contribution in [0, 0.1) is 0 Å². The van der Waals surface area contributed by atoms with Crippen LogP contribution in [0.2, 0.25) is 0 Å². The first-order valence-electron chi connectivity index (χ1n) is 9.46. The summed E-state index contributed by atoms with van der Waals surface area (Å²) < 4.78 is 0. The monoisotopic (exact) mass is 400 g/mol. The molecular weight excluding hydrogens is 376 g/mol. The zero-order valence-corrected chi connectivity index (χ0v) is 17.1. The van der Waals surface area contributed by atoms with Crippen molar-refractivity contribution in [3.05, 3.63) is 53.6 Å². The molecule has 2 aromatic carbocycles. The third-order valence-electron chi connectivity index (χ3n) is 5.39. The summed E-state index contributed by atoms with van der Waals surface area (Å²) in [6.07, 6.45) is -0.375. The predicted octanol–water partition coefficient (Wildman–Crippen LogP) is 5.28. The van der Waals surface area contributed by atoms with Crippen LogP contribution < -0.4 is 4.90 Å². The van der Waals surface area contributed by atoms with Crippen LogP contribution in [0.1, 0.15) is 44.4 Å². The molecule has 0 radical (unpaired) electrons. The first kappa shape index (κ1) is 20.2. The Morgan fingerprint density at radius 2 is 1.82 bits per heavy atom. The first-order valence-corrected chi connectivity index (χ1v) is 9.99. The molecule has 28 heavy (non-hydrogen) atoms. The van der Waals surface area contributed by atoms with Crippen molar-refractivity contribution in [2.24, 2.45) is 0 Å². The van der Waals surface area contributed by atoms with E-state index < -0.39 is 6.09 Å². The van der Waals surface area contributed by atoms with Crippen LogP contribution in [-0.4, -0.2) is 34.6 Å². The molecule has 1 aliphatic rings. The zero-order chi connectivity index (χ0) is 20.4. The number of fused-ring (bicyclic) bond motifs is 1. The maximum atomic E-state index is 12.3. The topological polar surface area (TPSA) is 60.9 Å². The van der Waals surface area contributed by atoms with Crippen molar-refractivity contribution in [2.75, 3.05) is 11.4 Å². The Kier molecular flexibility index (Phi) is 5.94. The molecule has 1 heterocycles. The summed E-state index contributed by atoms with van der Waals surface area (Å²) in [4.78, 5) is 27.3. The molecular formula is C22H25ClN2O3. The van der Waals surface area contributed by atoms with Gasteiger partial charge in [0.15, 0.2) is 0 Å². The summed E-state index contributed by atoms with van der Waals surface area (Å²) in [5.74, 6) is 0.423. The Balaban J connectivity index is 2.12. The molecule has 148 valence electrons. The molecule has 0 fully saturated rings. The van der Waals surface area contributed by atoms with Crippen molar-refractivity contribution in [2.45, 2.75) is 45.2 Å². The highest BCUT2D eigenvalue weighted by Gasteiger charge is 2.36. The number of carbonyl (C=O) groups excluding carboxylic acids is 1. The standard InChI is InChI=1S/C22H25ClN2O3/c1-4-24(22(27)28)21-11-14(2)25(15(3)26)20-10-9-18(12-19(20)21)17-7-5-16(13-23)6-8-17/h5-10,12,14,21H,4,11,13H2,1-3H3,(H,27,28). The van der Waals surface area contributed by atoms with E-state index in [1.807, 2.05) is 56.3 Å². The number of amides is 2. The van der Waals surface area contributed by atoms with Crippen LogP contribution in [0.5, 0.6) is 0 Å². The van der Waals surface area contributed by atoms with E-state index in [9.17, 15) is 14.7 Å². The maximum absolute atomic E-state index is 12.3. The van der Waals surface area contributed by atoms with Crippen molar-refractivity contribution in [1.29, 1.82) is 0 Å². The minimum Gasteiger partial charge on any atom is -0.465 e. The van der Waals surface area contributed by atoms with Crippen LogP contribution in [-0.2, 0) is 10.7 Å². The van der Waals surface area contributed by atoms with Gasteiger partial charge in [-0.3, -0.25) is 4.79 Å². The summed E-state index contributed by atoms with van der Waals surface area (Å²) >= 11 is 5.88. The fourth-order valence-corrected chi connectivity index (χ4v) is 4.24. The number of hydrogen-bond donors (Lipinski definition) is 1. The van der Waals surface area contributed by atoms with Crippen LogP contribution in [0.25, 0.3) is 11.1 Å². The Labute approximate surface area is 170 Å². The lowest BCUT2D eigenvalue weighted by molar-refractivity contribution is -0.117. The van der Waals surface area contributed by atoms with E-state index in [4.69, 9.17) is 11.6 Å². The molecule has 1 N–H and O–H groups in total. The van der Waals surface area contributed by atoms with Gasteiger partial charge in [0.1, 0.15) is 0 Å². The van der Waals surface area contributed by atoms with Gasteiger partial charge in [-0.2, -0.15) is 0 Å². The van der Waals surface area contributed by atoms with Gasteiger partial charge >= 0.3 is 6.09 Å². The summed E-state index contributed by atoms with van der Waals surface area (Å²) in [6, 6.07) is 13.6. The van der Waals surface area contributed by atoms with Crippen LogP contribution in [0.4, 0.5) is 10.5 Å². The highest BCUT2D eigenvalue weighted by molar-refractivity contribution is 6.17. The third kappa shape index (κ3) is 3.72. The number of alkyl halides is 1. The minimum absolute atomic E-state index is 0.0372. The SMILES string of the molecule is CCN(C(=O)O)C1CC(C)N(C(C)=O)c2ccc(-c3ccc(CCl)cc3)cc21. The van der Waals surface area contributed by atoms with Crippen molar-refractivity contribution in [3.63, 3.8) is 0 Å². The normalized spacial score (nSPS) is 18.5. The molecule has 0 saturated carbocycles. The quantitative estimate of drug-likeness (QED) is 0.710. The third-order valence-corrected chi connectivity index (χ3v) is 5.70. The van der Waals surface area contributed by atoms with E-state index in [-0.39, 0.29) is 18.0 Å². The number of hydrogen-bond acceptors (Lipinski definition) is 2. The van der Waals surface area contributed by atoms with Crippen LogP contribution >= 0.6 is 11.6 Å². The van der Waals surface area contributed by atoms with Crippen LogP contribution in [0.3, 0.4) is 0 Å². The van der Waals surface area contributed by atoms with Crippen molar-refractivity contribution >= 4 is 29.3 Å². The fourth-order valence-electron chi connectivity index (χ4n) is 4.06. The predicted molar refractivity (Wildman–Crippen MR) is 112 cm³/mol. The number of carboxylic acid groups (broad SMARTS) is 1. The average molecular weight is 401 g/mol. The van der Waals surface area contributed by atoms with E-state index in [1.165, 1.54) is 4.90 Å². The van der Waals surface area contributed by atoms with E-state index >= 15 is 0 Å². The molecule has 0 aromatic heterocycles. The maximum Gasteiger partial charge on any atom is 0.407 e. The lowest BCUT2D eigenvalue weighted by atomic mass is 9.88. The summed E-state index contributed by atoms with van der Waals surface area (Å²) in [5.41, 5.74) is 4.72. The Morgan fingerprint density at radius 1 is 1.18 bits per heavy atom. The molecule has 3 rings (SSSR count). The Hall–Kier alpha value is -2.53. The molecule has 0 spiro atoms. The average Bonchev–Trinajstić information content (AvgIpc) is 2.67. The van der Waals surface area contributed by atoms with Crippen molar-refractivity contribution in [1.82, 2.24) is 4.90 Å². The Morgan fingerprint density at radius 3 is 2.36 bits per heavy atom. The van der Waals surface area contributed by atoms with E-state index in [1.54, 1.807) is 11.8 Å². The molecule has 6 heteroatoms. The largest absolute Gasteiger partial charge is 0.465 e. The molecule has 0 saturated heterocycles. The first-order chi connectivity index (χ1) is 13.4. The van der Waals surface area contributed by atoms with Gasteiger partial charge in [0, 0.05) is 31.1 Å². The lowest BCUT2D eigenvalue weighted by Gasteiger charge is -2.42. The van der Waals surface area contributed by atoms with Gasteiger partial charge in [-0.05, 0) is 54.7 Å². The summed E-state index contributed by atoms with van der Waals surface area (Å²) in [6.45, 7) is 5.74. The molecule has 0 bridgehead atoms. The molecule has 2 aromatic rings. The van der Waals surface area contributed by atoms with Crippen LogP contribution in [0.15, 0.2) is 42.5 Å². The van der Waals surface area contributed by atoms with E-state index in [0.29, 0.717) is 18.8 Å². The molecule has 0 aliphatic carbocycles. The number of nitrogens with zero attached hydrogens (tertiary/aromatic N) is 2. The number of benzene rings is 2. The summed E-state index contributed by atoms with van der Waals surface area (Å²) in [5, 5.41) is 9.69. The minimum atomic E-state index is -0.946. The molecule has 2 amide bonds. The highest BCUT2D eigenvalue weighted by atomic mass is 35.5. The van der Waals surface area contributed by atoms with Crippen molar-refractivity contribution < 1.29 is 14.7 Å². The highest BCUT2D eigenvalue weighted by Crippen LogP contribution is 2.42. The van der Waals surface area contributed by atoms with Gasteiger partial charge in [-0.1, -0.05) is 30.3 Å². The second-order valence-corrected chi connectivity index (χ2v) is 7.43. The van der Waals surface area contributed by atoms with Gasteiger partial charge in [0.25, 0.3) is 0 Å². The smallest absolute Gasteiger partial charge is 0.407 e. The van der Waals surface area contributed by atoms with Gasteiger partial charge in [-0.25, -0.2) is 4.79 Å². The number of carbonyl (C=O) groups is 2. The second kappa shape index (κ2) is 8.23. The number of halogens is 1. The number of anilines is 1. The second-order valence-electron chi connectivity index (χ2n) is 7.16. The van der Waals surface area contributed by atoms with Crippen molar-refractivity contribution in [3.8, 4) is 11.1 Å². The van der Waals surface area contributed by atoms with Gasteiger partial charge < -0.3 is 14.9 Å². The molecule has 5 nitrogen and oxygen atoms in total. The van der Waals surface area contributed by atoms with E-state index in [2.05, 4.69) is 0 Å². The molecule has 2 atom stereocenters. The van der Waals surface area contributed by atoms with Gasteiger partial charge in [0.2, 0.25) is 5.91 Å².